The first-order valence-electron chi connectivity index (χ1n) is 9.30. The zero-order valence-corrected chi connectivity index (χ0v) is 17.1. The van der Waals surface area contributed by atoms with Crippen molar-refractivity contribution in [2.45, 2.75) is 18.9 Å². The van der Waals surface area contributed by atoms with E-state index < -0.39 is 20.1 Å². The number of aromatic nitrogens is 1. The molecule has 28 heavy (non-hydrogen) atoms. The third-order valence-corrected chi connectivity index (χ3v) is 5.88. The van der Waals surface area contributed by atoms with Crippen molar-refractivity contribution >= 4 is 19.1 Å². The van der Waals surface area contributed by atoms with Gasteiger partial charge in [-0.2, -0.15) is 0 Å². The van der Waals surface area contributed by atoms with E-state index in [1.807, 2.05) is 44.6 Å². The van der Waals surface area contributed by atoms with Crippen molar-refractivity contribution in [1.82, 2.24) is 9.24 Å². The number of aliphatic hydroxyl groups is 1. The van der Waals surface area contributed by atoms with Gasteiger partial charge < -0.3 is 14.5 Å². The highest BCUT2D eigenvalue weighted by atomic mass is 31.1. The third kappa shape index (κ3) is 5.09. The summed E-state index contributed by atoms with van der Waals surface area (Å²) in [5.74, 6) is -0.393. The van der Waals surface area contributed by atoms with E-state index in [0.717, 1.165) is 29.4 Å². The quantitative estimate of drug-likeness (QED) is 0.542. The maximum absolute atomic E-state index is 13.3. The first-order chi connectivity index (χ1) is 13.5. The minimum absolute atomic E-state index is 0.120. The van der Waals surface area contributed by atoms with Crippen LogP contribution in [-0.4, -0.2) is 41.6 Å². The van der Waals surface area contributed by atoms with Crippen LogP contribution in [0, 0.1) is 5.82 Å². The minimum Gasteiger partial charge on any atom is -0.388 e. The van der Waals surface area contributed by atoms with Crippen LogP contribution >= 0.6 is 8.18 Å². The largest absolute Gasteiger partial charge is 0.388 e. The van der Waals surface area contributed by atoms with Crippen LogP contribution in [-0.2, 0) is 15.5 Å². The normalized spacial score (nSPS) is 13.9. The Morgan fingerprint density at radius 2 is 2.00 bits per heavy atom. The van der Waals surface area contributed by atoms with Gasteiger partial charge in [-0.25, -0.2) is 4.39 Å². The second kappa shape index (κ2) is 9.48. The van der Waals surface area contributed by atoms with Crippen LogP contribution < -0.4 is 0 Å². The summed E-state index contributed by atoms with van der Waals surface area (Å²) in [6.45, 7) is 1.02. The zero-order chi connectivity index (χ0) is 20.1. The summed E-state index contributed by atoms with van der Waals surface area (Å²) < 4.78 is 33.3. The van der Waals surface area contributed by atoms with Crippen molar-refractivity contribution in [1.29, 1.82) is 0 Å². The molecular weight excluding hydrogens is 378 g/mol. The van der Waals surface area contributed by atoms with Crippen molar-refractivity contribution in [3.63, 3.8) is 0 Å². The van der Waals surface area contributed by atoms with Gasteiger partial charge in [0.15, 0.2) is 0 Å². The third-order valence-electron chi connectivity index (χ3n) is 4.67. The highest BCUT2D eigenvalue weighted by Crippen LogP contribution is 2.34. The smallest absolute Gasteiger partial charge is 0.288 e. The van der Waals surface area contributed by atoms with Gasteiger partial charge >= 0.3 is 0 Å². The molecule has 0 aliphatic carbocycles. The molecule has 0 radical (unpaired) electrons. The maximum Gasteiger partial charge on any atom is 0.288 e. The van der Waals surface area contributed by atoms with Crippen LogP contribution in [0.5, 0.6) is 0 Å². The number of fused-ring (bicyclic) bond motifs is 1. The number of benzene rings is 2. The summed E-state index contributed by atoms with van der Waals surface area (Å²) in [4.78, 5) is 2.11. The highest BCUT2D eigenvalue weighted by molar-refractivity contribution is 7.37. The van der Waals surface area contributed by atoms with Crippen LogP contribution in [0.25, 0.3) is 10.9 Å². The van der Waals surface area contributed by atoms with Gasteiger partial charge in [0.1, 0.15) is 5.82 Å². The number of nitrogens with zero attached hydrogens (tertiary/aromatic N) is 2. The van der Waals surface area contributed by atoms with Gasteiger partial charge in [-0.15, -0.1) is 0 Å². The van der Waals surface area contributed by atoms with Crippen LogP contribution in [0.3, 0.4) is 0 Å². The Balaban J connectivity index is 1.66. The molecule has 2 aromatic carbocycles. The van der Waals surface area contributed by atoms with Gasteiger partial charge in [-0.3, -0.25) is 8.90 Å². The number of hydrogen-bond donors (Lipinski definition) is 1. The predicted octanol–water partition coefficient (Wildman–Crippen LogP) is 4.26. The first-order valence-corrected chi connectivity index (χ1v) is 10.6. The van der Waals surface area contributed by atoms with Gasteiger partial charge in [-0.1, -0.05) is 30.3 Å². The molecule has 0 spiro atoms. The zero-order valence-electron chi connectivity index (χ0n) is 16.1. The topological polar surface area (TPSA) is 54.7 Å². The summed E-state index contributed by atoms with van der Waals surface area (Å²) in [6, 6.07) is 13.7. The van der Waals surface area contributed by atoms with Crippen molar-refractivity contribution in [3.8, 4) is 0 Å². The van der Waals surface area contributed by atoms with E-state index in [4.69, 9.17) is 4.52 Å². The molecule has 7 heteroatoms. The molecule has 0 bridgehead atoms. The van der Waals surface area contributed by atoms with E-state index in [1.165, 1.54) is 12.1 Å². The van der Waals surface area contributed by atoms with Crippen LogP contribution in [0.1, 0.15) is 23.7 Å². The van der Waals surface area contributed by atoms with Crippen molar-refractivity contribution in [3.05, 3.63) is 71.7 Å². The summed E-state index contributed by atoms with van der Waals surface area (Å²) in [7, 11) is 1.52. The number of para-hydroxylation sites is 1. The number of hydrogen-bond acceptors (Lipinski definition) is 4. The maximum atomic E-state index is 13.3. The molecule has 150 valence electrons. The molecule has 1 heterocycles. The van der Waals surface area contributed by atoms with Gasteiger partial charge in [0, 0.05) is 24.5 Å². The SMILES string of the molecule is CN(C)CCc1cn([PH](=O)OCCC(O)c2cccc(F)c2)c2ccccc12. The number of likely N-dealkylation sites (N-methyl/N-ethyl adjacent to an activating group) is 1. The first kappa shape index (κ1) is 20.7. The molecule has 0 fully saturated rings. The Hall–Kier alpha value is -1.98. The van der Waals surface area contributed by atoms with Crippen molar-refractivity contribution < 1.29 is 18.6 Å². The molecule has 2 unspecified atom stereocenters. The van der Waals surface area contributed by atoms with E-state index in [9.17, 15) is 14.1 Å². The molecular formula is C21H26FN2O3P. The molecule has 0 saturated carbocycles. The summed E-state index contributed by atoms with van der Waals surface area (Å²) in [6.07, 6.45) is 2.14. The molecule has 1 N–H and O–H groups in total. The van der Waals surface area contributed by atoms with E-state index in [1.54, 1.807) is 16.5 Å². The second-order valence-corrected chi connectivity index (χ2v) is 8.37. The Morgan fingerprint density at radius 3 is 2.75 bits per heavy atom. The second-order valence-electron chi connectivity index (χ2n) is 7.07. The molecule has 0 aliphatic rings. The molecule has 0 saturated heterocycles. The molecule has 3 aromatic rings. The van der Waals surface area contributed by atoms with Gasteiger partial charge in [0.05, 0.1) is 18.2 Å². The fourth-order valence-electron chi connectivity index (χ4n) is 3.15. The molecule has 1 aromatic heterocycles. The average molecular weight is 404 g/mol. The van der Waals surface area contributed by atoms with Gasteiger partial charge in [-0.05, 0) is 49.8 Å². The van der Waals surface area contributed by atoms with Crippen LogP contribution in [0.2, 0.25) is 0 Å². The number of aliphatic hydroxyl groups excluding tert-OH is 1. The van der Waals surface area contributed by atoms with E-state index >= 15 is 0 Å². The molecule has 0 aliphatic heterocycles. The average Bonchev–Trinajstić information content (AvgIpc) is 3.05. The van der Waals surface area contributed by atoms with Crippen molar-refractivity contribution in [2.24, 2.45) is 0 Å². The Morgan fingerprint density at radius 1 is 1.21 bits per heavy atom. The highest BCUT2D eigenvalue weighted by Gasteiger charge is 2.14. The fourth-order valence-corrected chi connectivity index (χ4v) is 4.24. The van der Waals surface area contributed by atoms with E-state index in [2.05, 4.69) is 4.90 Å². The molecule has 2 atom stereocenters. The lowest BCUT2D eigenvalue weighted by molar-refractivity contribution is 0.142. The van der Waals surface area contributed by atoms with E-state index in [-0.39, 0.29) is 13.0 Å². The number of rotatable bonds is 9. The van der Waals surface area contributed by atoms with Crippen LogP contribution in [0.15, 0.2) is 54.7 Å². The van der Waals surface area contributed by atoms with Gasteiger partial charge in [0.25, 0.3) is 8.18 Å². The Bertz CT molecular complexity index is 958. The van der Waals surface area contributed by atoms with Gasteiger partial charge in [0.2, 0.25) is 0 Å². The molecule has 3 rings (SSSR count). The minimum atomic E-state index is -2.53. The summed E-state index contributed by atoms with van der Waals surface area (Å²) >= 11 is 0. The lowest BCUT2D eigenvalue weighted by atomic mass is 10.1. The van der Waals surface area contributed by atoms with Crippen molar-refractivity contribution in [2.75, 3.05) is 27.2 Å². The summed E-state index contributed by atoms with van der Waals surface area (Å²) in [5.41, 5.74) is 2.50. The number of halogens is 1. The molecule has 5 nitrogen and oxygen atoms in total. The summed E-state index contributed by atoms with van der Waals surface area (Å²) in [5, 5.41) is 11.3. The van der Waals surface area contributed by atoms with E-state index in [0.29, 0.717) is 5.56 Å². The lowest BCUT2D eigenvalue weighted by Crippen LogP contribution is -2.14. The predicted molar refractivity (Wildman–Crippen MR) is 111 cm³/mol. The molecule has 0 amide bonds. The lowest BCUT2D eigenvalue weighted by Gasteiger charge is -2.12. The Kier molecular flexibility index (Phi) is 7.03. The monoisotopic (exact) mass is 404 g/mol. The Labute approximate surface area is 165 Å². The van der Waals surface area contributed by atoms with Crippen LogP contribution in [0.4, 0.5) is 4.39 Å². The standard InChI is InChI=1S/C21H26FN2O3P/c1-23(2)12-10-17-15-24(20-9-4-3-8-19(17)20)28(26)27-13-11-21(25)16-6-5-7-18(22)14-16/h3-9,14-15,21,25,28H,10-13H2,1-2H3. The fraction of sp³-hybridized carbons (Fsp3) is 0.333.